The molecule has 2 aliphatic heterocycles. The van der Waals surface area contributed by atoms with Crippen LogP contribution in [-0.2, 0) is 4.74 Å². The largest absolute Gasteiger partial charge is 0.385 e. The smallest absolute Gasteiger partial charge is 0.138 e. The van der Waals surface area contributed by atoms with Crippen LogP contribution < -0.4 is 0 Å². The Hall–Kier alpha value is -0.760. The quantitative estimate of drug-likeness (QED) is 0.535. The van der Waals surface area contributed by atoms with Gasteiger partial charge in [-0.05, 0) is 37.6 Å². The third-order valence-corrected chi connectivity index (χ3v) is 8.25. The molecule has 1 atom stereocenters. The first-order chi connectivity index (χ1) is 13.6. The lowest BCUT2D eigenvalue weighted by molar-refractivity contribution is 0.100. The van der Waals surface area contributed by atoms with Gasteiger partial charge in [0.2, 0.25) is 0 Å². The first-order valence-corrected chi connectivity index (χ1v) is 11.6. The number of benzene rings is 1. The number of halogens is 2. The number of aliphatic imine (C=N–C) groups is 1. The Kier molecular flexibility index (Phi) is 9.53. The molecule has 8 heteroatoms. The number of thiophene rings is 1. The average molecular weight is 489 g/mol. The van der Waals surface area contributed by atoms with Gasteiger partial charge in [0.05, 0.1) is 9.90 Å². The fraction of sp³-hybridized carbons (Fsp3) is 0.500. The number of rotatable bonds is 4. The van der Waals surface area contributed by atoms with E-state index in [1.54, 1.807) is 7.11 Å². The number of hydrogen-bond donors (Lipinski definition) is 0. The maximum Gasteiger partial charge on any atom is 0.138 e. The SMILES string of the molecule is COCC[C@H]1CN(C2=Nc3ccccc3Sc3sc(C(C)C)cc32)CCN1C.Cl.Cl. The van der Waals surface area contributed by atoms with Crippen LogP contribution in [0.5, 0.6) is 0 Å². The zero-order chi connectivity index (χ0) is 19.7. The molecule has 0 amide bonds. The first-order valence-electron chi connectivity index (χ1n) is 10.0. The third-order valence-electron chi connectivity index (χ3n) is 5.55. The van der Waals surface area contributed by atoms with Gasteiger partial charge in [0.25, 0.3) is 0 Å². The Bertz CT molecular complexity index is 872. The summed E-state index contributed by atoms with van der Waals surface area (Å²) in [5.41, 5.74) is 2.40. The van der Waals surface area contributed by atoms with Crippen LogP contribution in [0.3, 0.4) is 0 Å². The fourth-order valence-corrected chi connectivity index (χ4v) is 6.20. The molecular weight excluding hydrogens is 457 g/mol. The van der Waals surface area contributed by atoms with Crippen LogP contribution in [0.25, 0.3) is 0 Å². The molecule has 0 N–H and O–H groups in total. The topological polar surface area (TPSA) is 28.1 Å². The Morgan fingerprint density at radius 2 is 1.97 bits per heavy atom. The molecular formula is C22H31Cl2N3OS2. The van der Waals surface area contributed by atoms with E-state index in [2.05, 4.69) is 61.0 Å². The second-order valence-corrected chi connectivity index (χ2v) is 10.3. The molecule has 4 nitrogen and oxygen atoms in total. The summed E-state index contributed by atoms with van der Waals surface area (Å²) in [6.45, 7) is 8.41. The van der Waals surface area contributed by atoms with Crippen molar-refractivity contribution in [3.63, 3.8) is 0 Å². The molecule has 0 radical (unpaired) electrons. The summed E-state index contributed by atoms with van der Waals surface area (Å²) in [7, 11) is 4.01. The summed E-state index contributed by atoms with van der Waals surface area (Å²) in [6.07, 6.45) is 1.05. The number of fused-ring (bicyclic) bond motifs is 2. The van der Waals surface area contributed by atoms with Crippen molar-refractivity contribution in [2.75, 3.05) is 40.4 Å². The van der Waals surface area contributed by atoms with Crippen LogP contribution in [0.4, 0.5) is 5.69 Å². The maximum atomic E-state index is 5.35. The van der Waals surface area contributed by atoms with Crippen LogP contribution in [-0.4, -0.2) is 62.1 Å². The number of methoxy groups -OCH3 is 1. The highest BCUT2D eigenvalue weighted by atomic mass is 35.5. The number of piperazine rings is 1. The number of hydrogen-bond acceptors (Lipinski definition) is 6. The summed E-state index contributed by atoms with van der Waals surface area (Å²) in [4.78, 5) is 12.8. The summed E-state index contributed by atoms with van der Waals surface area (Å²) in [5, 5.41) is 0. The van der Waals surface area contributed by atoms with E-state index in [9.17, 15) is 0 Å². The molecule has 0 spiro atoms. The normalized spacial score (nSPS) is 18.6. The first kappa shape index (κ1) is 25.5. The van der Waals surface area contributed by atoms with Gasteiger partial charge in [-0.15, -0.1) is 36.2 Å². The van der Waals surface area contributed by atoms with Crippen molar-refractivity contribution in [3.05, 3.63) is 40.8 Å². The fourth-order valence-electron chi connectivity index (χ4n) is 3.76. The molecule has 4 rings (SSSR count). The minimum absolute atomic E-state index is 0. The standard InChI is InChI=1S/C22H29N3OS2.2ClH/c1-15(2)20-13-17-21(25-11-10-24(3)16(14-25)9-12-26-4)23-18-7-5-6-8-19(18)27-22(17)28-20;;/h5-8,13,15-16H,9-12,14H2,1-4H3;2*1H/t16-;;/m0../s1. The van der Waals surface area contributed by atoms with Crippen LogP contribution in [0, 0.1) is 0 Å². The van der Waals surface area contributed by atoms with Crippen molar-refractivity contribution < 1.29 is 4.74 Å². The van der Waals surface area contributed by atoms with Gasteiger partial charge in [-0.2, -0.15) is 0 Å². The highest BCUT2D eigenvalue weighted by molar-refractivity contribution is 8.01. The number of amidine groups is 1. The molecule has 30 heavy (non-hydrogen) atoms. The van der Waals surface area contributed by atoms with Crippen LogP contribution in [0.15, 0.2) is 44.4 Å². The molecule has 0 saturated carbocycles. The van der Waals surface area contributed by atoms with Crippen molar-refractivity contribution in [2.24, 2.45) is 4.99 Å². The van der Waals surface area contributed by atoms with Gasteiger partial charge in [-0.25, -0.2) is 4.99 Å². The highest BCUT2D eigenvalue weighted by Gasteiger charge is 2.30. The summed E-state index contributed by atoms with van der Waals surface area (Å²) in [6, 6.07) is 11.4. The van der Waals surface area contributed by atoms with E-state index in [4.69, 9.17) is 9.73 Å². The van der Waals surface area contributed by atoms with E-state index in [0.29, 0.717) is 12.0 Å². The molecule has 1 aromatic carbocycles. The lowest BCUT2D eigenvalue weighted by Gasteiger charge is -2.41. The maximum absolute atomic E-state index is 5.35. The Balaban J connectivity index is 0.00000160. The summed E-state index contributed by atoms with van der Waals surface area (Å²) >= 11 is 3.80. The van der Waals surface area contributed by atoms with Crippen molar-refractivity contribution in [3.8, 4) is 0 Å². The van der Waals surface area contributed by atoms with Gasteiger partial charge in [0, 0.05) is 54.7 Å². The van der Waals surface area contributed by atoms with Gasteiger partial charge < -0.3 is 9.64 Å². The minimum atomic E-state index is 0. The molecule has 2 aliphatic rings. The van der Waals surface area contributed by atoms with E-state index in [1.165, 1.54) is 19.5 Å². The molecule has 166 valence electrons. The van der Waals surface area contributed by atoms with Crippen LogP contribution >= 0.6 is 47.9 Å². The molecule has 0 unspecified atom stereocenters. The molecule has 1 fully saturated rings. The number of ether oxygens (including phenoxy) is 1. The summed E-state index contributed by atoms with van der Waals surface area (Å²) in [5.74, 6) is 1.68. The predicted octanol–water partition coefficient (Wildman–Crippen LogP) is 5.91. The van der Waals surface area contributed by atoms with Crippen LogP contribution in [0.2, 0.25) is 0 Å². The van der Waals surface area contributed by atoms with E-state index >= 15 is 0 Å². The van der Waals surface area contributed by atoms with Crippen molar-refractivity contribution in [2.45, 2.75) is 41.3 Å². The molecule has 2 aromatic rings. The van der Waals surface area contributed by atoms with Gasteiger partial charge in [-0.3, -0.25) is 4.90 Å². The molecule has 1 saturated heterocycles. The van der Waals surface area contributed by atoms with E-state index in [0.717, 1.165) is 44.2 Å². The van der Waals surface area contributed by atoms with E-state index < -0.39 is 0 Å². The Labute approximate surface area is 200 Å². The van der Waals surface area contributed by atoms with Gasteiger partial charge >= 0.3 is 0 Å². The minimum Gasteiger partial charge on any atom is -0.385 e. The van der Waals surface area contributed by atoms with E-state index in [1.807, 2.05) is 23.1 Å². The Morgan fingerprint density at radius 3 is 2.70 bits per heavy atom. The highest BCUT2D eigenvalue weighted by Crippen LogP contribution is 2.45. The monoisotopic (exact) mass is 487 g/mol. The van der Waals surface area contributed by atoms with Gasteiger partial charge in [0.15, 0.2) is 0 Å². The zero-order valence-electron chi connectivity index (χ0n) is 18.0. The van der Waals surface area contributed by atoms with Crippen molar-refractivity contribution in [1.82, 2.24) is 9.80 Å². The molecule has 0 bridgehead atoms. The second-order valence-electron chi connectivity index (χ2n) is 7.87. The number of nitrogens with zero attached hydrogens (tertiary/aromatic N) is 3. The average Bonchev–Trinajstić information content (AvgIpc) is 3.04. The molecule has 1 aromatic heterocycles. The molecule has 0 aliphatic carbocycles. The third kappa shape index (κ3) is 5.34. The lowest BCUT2D eigenvalue weighted by atomic mass is 10.1. The molecule has 3 heterocycles. The number of para-hydroxylation sites is 1. The van der Waals surface area contributed by atoms with Crippen molar-refractivity contribution in [1.29, 1.82) is 0 Å². The van der Waals surface area contributed by atoms with Crippen LogP contribution in [0.1, 0.15) is 36.6 Å². The second kappa shape index (κ2) is 11.2. The van der Waals surface area contributed by atoms with Gasteiger partial charge in [0.1, 0.15) is 5.84 Å². The Morgan fingerprint density at radius 1 is 1.20 bits per heavy atom. The van der Waals surface area contributed by atoms with Gasteiger partial charge in [-0.1, -0.05) is 37.7 Å². The lowest BCUT2D eigenvalue weighted by Crippen LogP contribution is -2.53. The predicted molar refractivity (Wildman–Crippen MR) is 134 cm³/mol. The zero-order valence-corrected chi connectivity index (χ0v) is 21.2. The number of likely N-dealkylation sites (N-methyl/N-ethyl adjacent to an activating group) is 1. The van der Waals surface area contributed by atoms with E-state index in [-0.39, 0.29) is 24.8 Å². The summed E-state index contributed by atoms with van der Waals surface area (Å²) < 4.78 is 6.72. The van der Waals surface area contributed by atoms with Crippen molar-refractivity contribution >= 4 is 59.4 Å².